The van der Waals surface area contributed by atoms with Crippen LogP contribution in [0.15, 0.2) is 60.7 Å². The summed E-state index contributed by atoms with van der Waals surface area (Å²) in [4.78, 5) is 77.1. The van der Waals surface area contributed by atoms with Crippen molar-refractivity contribution in [2.24, 2.45) is 23.3 Å². The maximum absolute atomic E-state index is 13.6. The maximum atomic E-state index is 13.6. The molecule has 250 valence electrons. The van der Waals surface area contributed by atoms with Crippen LogP contribution in [0.1, 0.15) is 58.1 Å². The van der Waals surface area contributed by atoms with Crippen LogP contribution in [0.4, 0.5) is 0 Å². The van der Waals surface area contributed by atoms with Crippen molar-refractivity contribution >= 4 is 35.8 Å². The third-order valence-corrected chi connectivity index (χ3v) is 7.15. The zero-order valence-electron chi connectivity index (χ0n) is 27.0. The fourth-order valence-electron chi connectivity index (χ4n) is 4.91. The van der Waals surface area contributed by atoms with Crippen LogP contribution in [0.2, 0.25) is 0 Å². The van der Waals surface area contributed by atoms with E-state index in [0.29, 0.717) is 19.1 Å². The van der Waals surface area contributed by atoms with Crippen molar-refractivity contribution in [3.63, 3.8) is 0 Å². The largest absolute Gasteiger partial charge is 0.370 e. The number of amides is 5. The molecule has 0 aliphatic carbocycles. The summed E-state index contributed by atoms with van der Waals surface area (Å²) in [7, 11) is 0. The van der Waals surface area contributed by atoms with E-state index in [1.807, 2.05) is 33.8 Å². The summed E-state index contributed by atoms with van der Waals surface area (Å²) < 4.78 is 0. The average Bonchev–Trinajstić information content (AvgIpc) is 2.99. The highest BCUT2D eigenvalue weighted by Gasteiger charge is 2.32. The predicted octanol–water partition coefficient (Wildman–Crippen LogP) is 0.905. The molecule has 0 spiro atoms. The van der Waals surface area contributed by atoms with Gasteiger partial charge in [0.05, 0.1) is 18.5 Å². The van der Waals surface area contributed by atoms with Crippen LogP contribution < -0.4 is 32.7 Å². The highest BCUT2D eigenvalue weighted by molar-refractivity contribution is 5.97. The van der Waals surface area contributed by atoms with Gasteiger partial charge in [0.1, 0.15) is 24.4 Å². The molecule has 46 heavy (non-hydrogen) atoms. The van der Waals surface area contributed by atoms with Crippen molar-refractivity contribution in [2.75, 3.05) is 0 Å². The van der Waals surface area contributed by atoms with Gasteiger partial charge in [-0.2, -0.15) is 0 Å². The van der Waals surface area contributed by atoms with E-state index < -0.39 is 66.2 Å². The van der Waals surface area contributed by atoms with Crippen LogP contribution in [-0.2, 0) is 41.6 Å². The molecule has 12 nitrogen and oxygen atoms in total. The maximum Gasteiger partial charge on any atom is 0.243 e. The molecule has 2 aromatic carbocycles. The van der Waals surface area contributed by atoms with Gasteiger partial charge in [-0.05, 0) is 35.8 Å². The third kappa shape index (κ3) is 13.6. The lowest BCUT2D eigenvalue weighted by Gasteiger charge is -2.26. The second kappa shape index (κ2) is 19.1. The van der Waals surface area contributed by atoms with Crippen molar-refractivity contribution in [1.29, 1.82) is 0 Å². The molecule has 12 heteroatoms. The topological polar surface area (TPSA) is 203 Å². The quantitative estimate of drug-likeness (QED) is 0.123. The molecule has 0 saturated heterocycles. The van der Waals surface area contributed by atoms with Gasteiger partial charge in [0, 0.05) is 12.8 Å². The molecule has 2 rings (SSSR count). The van der Waals surface area contributed by atoms with Crippen LogP contribution in [0.3, 0.4) is 0 Å². The third-order valence-electron chi connectivity index (χ3n) is 7.15. The molecule has 5 amide bonds. The van der Waals surface area contributed by atoms with Crippen molar-refractivity contribution in [1.82, 2.24) is 21.3 Å². The number of hydrogen-bond donors (Lipinski definition) is 6. The number of carbonyl (C=O) groups is 6. The number of carbonyl (C=O) groups excluding carboxylic acids is 6. The van der Waals surface area contributed by atoms with E-state index in [4.69, 9.17) is 11.5 Å². The monoisotopic (exact) mass is 636 g/mol. The van der Waals surface area contributed by atoms with Gasteiger partial charge in [-0.25, -0.2) is 0 Å². The minimum absolute atomic E-state index is 0.0728. The van der Waals surface area contributed by atoms with E-state index >= 15 is 0 Å². The molecular weight excluding hydrogens is 588 g/mol. The molecule has 0 unspecified atom stereocenters. The highest BCUT2D eigenvalue weighted by atomic mass is 16.2. The number of aldehydes is 1. The molecule has 0 radical (unpaired) electrons. The molecule has 0 heterocycles. The SMILES string of the molecule is CC(C)C[C@@H](C=O)NC(=O)[C@H](Cc1ccccc1)NC(=O)[C@H](CC(N)=O)NC(=O)[C@H](Cc1ccccc1)NC(=O)[C@@H](N)CC(C)C. The van der Waals surface area contributed by atoms with Crippen LogP contribution in [0, 0.1) is 11.8 Å². The zero-order valence-corrected chi connectivity index (χ0v) is 27.0. The van der Waals surface area contributed by atoms with Crippen molar-refractivity contribution in [3.8, 4) is 0 Å². The van der Waals surface area contributed by atoms with E-state index in [1.165, 1.54) is 0 Å². The first-order valence-electron chi connectivity index (χ1n) is 15.6. The minimum atomic E-state index is -1.46. The van der Waals surface area contributed by atoms with Crippen molar-refractivity contribution in [2.45, 2.75) is 90.0 Å². The van der Waals surface area contributed by atoms with Crippen LogP contribution in [-0.4, -0.2) is 66.0 Å². The molecule has 0 bridgehead atoms. The van der Waals surface area contributed by atoms with Gasteiger partial charge < -0.3 is 37.5 Å². The number of primary amides is 1. The lowest BCUT2D eigenvalue weighted by molar-refractivity contribution is -0.135. The van der Waals surface area contributed by atoms with Gasteiger partial charge in [0.2, 0.25) is 29.5 Å². The molecule has 8 N–H and O–H groups in total. The molecule has 0 aromatic heterocycles. The van der Waals surface area contributed by atoms with Crippen molar-refractivity contribution < 1.29 is 28.8 Å². The second-order valence-electron chi connectivity index (χ2n) is 12.4. The summed E-state index contributed by atoms with van der Waals surface area (Å²) in [6.07, 6.45) is 1.02. The normalized spacial score (nSPS) is 14.3. The Hall–Kier alpha value is -4.58. The number of nitrogens with two attached hydrogens (primary N) is 2. The van der Waals surface area contributed by atoms with E-state index in [0.717, 1.165) is 11.1 Å². The number of rotatable bonds is 19. The summed E-state index contributed by atoms with van der Waals surface area (Å²) in [5.74, 6) is -3.33. The fourth-order valence-corrected chi connectivity index (χ4v) is 4.91. The van der Waals surface area contributed by atoms with Gasteiger partial charge in [0.15, 0.2) is 0 Å². The van der Waals surface area contributed by atoms with Crippen molar-refractivity contribution in [3.05, 3.63) is 71.8 Å². The van der Waals surface area contributed by atoms with E-state index in [-0.39, 0.29) is 24.7 Å². The molecule has 5 atom stereocenters. The van der Waals surface area contributed by atoms with Crippen LogP contribution >= 0.6 is 0 Å². The van der Waals surface area contributed by atoms with Crippen LogP contribution in [0.5, 0.6) is 0 Å². The summed E-state index contributed by atoms with van der Waals surface area (Å²) in [5, 5.41) is 10.5. The Morgan fingerprint density at radius 1 is 0.630 bits per heavy atom. The predicted molar refractivity (Wildman–Crippen MR) is 175 cm³/mol. The summed E-state index contributed by atoms with van der Waals surface area (Å²) in [6.45, 7) is 7.66. The second-order valence-corrected chi connectivity index (χ2v) is 12.4. The Bertz CT molecular complexity index is 1300. The molecule has 0 fully saturated rings. The van der Waals surface area contributed by atoms with Crippen LogP contribution in [0.25, 0.3) is 0 Å². The Balaban J connectivity index is 2.31. The smallest absolute Gasteiger partial charge is 0.243 e. The van der Waals surface area contributed by atoms with Gasteiger partial charge in [-0.15, -0.1) is 0 Å². The van der Waals surface area contributed by atoms with Gasteiger partial charge >= 0.3 is 0 Å². The Morgan fingerprint density at radius 3 is 1.48 bits per heavy atom. The number of benzene rings is 2. The zero-order chi connectivity index (χ0) is 34.2. The van der Waals surface area contributed by atoms with E-state index in [1.54, 1.807) is 54.6 Å². The lowest BCUT2D eigenvalue weighted by atomic mass is 10.0. The number of hydrogen-bond acceptors (Lipinski definition) is 7. The summed E-state index contributed by atoms with van der Waals surface area (Å²) in [6, 6.07) is 12.5. The van der Waals surface area contributed by atoms with Gasteiger partial charge in [-0.3, -0.25) is 24.0 Å². The Kier molecular flexibility index (Phi) is 15.6. The number of nitrogens with one attached hydrogen (secondary N) is 4. The Labute approximate surface area is 270 Å². The average molecular weight is 637 g/mol. The lowest BCUT2D eigenvalue weighted by Crippen LogP contribution is -2.59. The minimum Gasteiger partial charge on any atom is -0.370 e. The molecular formula is C34H48N6O6. The van der Waals surface area contributed by atoms with E-state index in [2.05, 4.69) is 21.3 Å². The summed E-state index contributed by atoms with van der Waals surface area (Å²) in [5.41, 5.74) is 13.0. The first-order valence-corrected chi connectivity index (χ1v) is 15.6. The molecule has 0 aliphatic heterocycles. The fraction of sp³-hybridized carbons (Fsp3) is 0.471. The Morgan fingerprint density at radius 2 is 1.04 bits per heavy atom. The van der Waals surface area contributed by atoms with Gasteiger partial charge in [-0.1, -0.05) is 88.4 Å². The summed E-state index contributed by atoms with van der Waals surface area (Å²) >= 11 is 0. The molecule has 0 saturated carbocycles. The molecule has 0 aliphatic rings. The molecule has 2 aromatic rings. The standard InChI is InChI=1S/C34H48N6O6/c1-21(2)15-25(20-41)37-32(44)27(17-23-11-7-5-8-12-23)39-34(46)29(19-30(36)42)40-33(45)28(18-24-13-9-6-10-14-24)38-31(43)26(35)16-22(3)4/h5-14,20-22,25-29H,15-19,35H2,1-4H3,(H2,36,42)(H,37,44)(H,38,43)(H,39,46)(H,40,45)/t25-,26-,27-,28-,29-/m0/s1. The highest BCUT2D eigenvalue weighted by Crippen LogP contribution is 2.10. The first-order chi connectivity index (χ1) is 21.8. The van der Waals surface area contributed by atoms with E-state index in [9.17, 15) is 28.8 Å². The van der Waals surface area contributed by atoms with Gasteiger partial charge in [0.25, 0.3) is 0 Å². The first kappa shape index (κ1) is 37.6.